The number of likely N-dealkylation sites (tertiary alicyclic amines) is 1. The smallest absolute Gasteiger partial charge is 0.419 e. The lowest BCUT2D eigenvalue weighted by Gasteiger charge is -2.35. The zero-order valence-corrected chi connectivity index (χ0v) is 20.7. The van der Waals surface area contributed by atoms with Crippen molar-refractivity contribution in [3.05, 3.63) is 29.8 Å². The third-order valence-corrected chi connectivity index (χ3v) is 5.58. The third kappa shape index (κ3) is 8.26. The minimum Gasteiger partial charge on any atom is -0.491 e. The number of aliphatic imine (C=N–C) groups is 1. The first-order valence-electron chi connectivity index (χ1n) is 10.9. The fourth-order valence-electron chi connectivity index (χ4n) is 3.90. The van der Waals surface area contributed by atoms with E-state index in [4.69, 9.17) is 14.2 Å². The molecule has 0 saturated carbocycles. The van der Waals surface area contributed by atoms with Gasteiger partial charge in [0.15, 0.2) is 5.96 Å². The molecule has 1 aromatic carbocycles. The number of nitrogens with one attached hydrogen (secondary N) is 1. The van der Waals surface area contributed by atoms with Crippen LogP contribution in [0.4, 0.5) is 13.2 Å². The van der Waals surface area contributed by atoms with E-state index in [-0.39, 0.29) is 48.5 Å². The zero-order valence-electron chi connectivity index (χ0n) is 18.4. The van der Waals surface area contributed by atoms with Crippen molar-refractivity contribution in [1.29, 1.82) is 0 Å². The van der Waals surface area contributed by atoms with Crippen LogP contribution in [0.3, 0.4) is 0 Å². The summed E-state index contributed by atoms with van der Waals surface area (Å²) in [7, 11) is 1.70. The first-order valence-corrected chi connectivity index (χ1v) is 10.9. The van der Waals surface area contributed by atoms with Crippen LogP contribution in [0.2, 0.25) is 0 Å². The molecule has 0 aromatic heterocycles. The normalized spacial score (nSPS) is 20.6. The number of para-hydroxylation sites is 1. The number of ether oxygens (including phenoxy) is 3. The van der Waals surface area contributed by atoms with Gasteiger partial charge < -0.3 is 24.4 Å². The SMILES string of the molecule is CN=C(NCCOc1ccccc1C(F)(F)F)N1CCC(OCC2CCCCO2)CC1.I. The predicted octanol–water partition coefficient (Wildman–Crippen LogP) is 4.33. The maximum atomic E-state index is 13.0. The van der Waals surface area contributed by atoms with Gasteiger partial charge in [-0.1, -0.05) is 12.1 Å². The summed E-state index contributed by atoms with van der Waals surface area (Å²) in [5.74, 6) is 0.563. The van der Waals surface area contributed by atoms with Crippen LogP contribution in [0.25, 0.3) is 0 Å². The molecule has 0 bridgehead atoms. The molecular formula is C22H33F3IN3O3. The van der Waals surface area contributed by atoms with Crippen molar-refractivity contribution in [2.45, 2.75) is 50.5 Å². The molecule has 182 valence electrons. The van der Waals surface area contributed by atoms with Crippen molar-refractivity contribution in [3.8, 4) is 5.75 Å². The Hall–Kier alpha value is -1.27. The first kappa shape index (κ1) is 27.0. The molecule has 0 amide bonds. The number of nitrogens with zero attached hydrogens (tertiary/aromatic N) is 2. The van der Waals surface area contributed by atoms with Gasteiger partial charge in [0.05, 0.1) is 30.9 Å². The average molecular weight is 571 g/mol. The van der Waals surface area contributed by atoms with E-state index in [1.807, 2.05) is 0 Å². The van der Waals surface area contributed by atoms with E-state index in [0.29, 0.717) is 13.2 Å². The van der Waals surface area contributed by atoms with Crippen molar-refractivity contribution in [2.24, 2.45) is 4.99 Å². The highest BCUT2D eigenvalue weighted by Crippen LogP contribution is 2.35. The second kappa shape index (κ2) is 13.4. The number of hydrogen-bond acceptors (Lipinski definition) is 4. The van der Waals surface area contributed by atoms with Crippen molar-refractivity contribution in [3.63, 3.8) is 0 Å². The molecule has 2 aliphatic rings. The molecule has 1 atom stereocenters. The number of hydrogen-bond donors (Lipinski definition) is 1. The monoisotopic (exact) mass is 571 g/mol. The summed E-state index contributed by atoms with van der Waals surface area (Å²) in [4.78, 5) is 6.43. The molecule has 2 saturated heterocycles. The van der Waals surface area contributed by atoms with Crippen molar-refractivity contribution in [2.75, 3.05) is 46.5 Å². The molecule has 3 rings (SSSR count). The quantitative estimate of drug-likeness (QED) is 0.229. The van der Waals surface area contributed by atoms with Crippen LogP contribution in [0, 0.1) is 0 Å². The van der Waals surface area contributed by atoms with E-state index in [1.54, 1.807) is 7.05 Å². The molecule has 0 aliphatic carbocycles. The largest absolute Gasteiger partial charge is 0.491 e. The van der Waals surface area contributed by atoms with E-state index in [1.165, 1.54) is 24.6 Å². The van der Waals surface area contributed by atoms with Crippen molar-refractivity contribution >= 4 is 29.9 Å². The predicted molar refractivity (Wildman–Crippen MR) is 128 cm³/mol. The van der Waals surface area contributed by atoms with Crippen molar-refractivity contribution < 1.29 is 27.4 Å². The fraction of sp³-hybridized carbons (Fsp3) is 0.682. The van der Waals surface area contributed by atoms with Crippen LogP contribution >= 0.6 is 24.0 Å². The third-order valence-electron chi connectivity index (χ3n) is 5.58. The van der Waals surface area contributed by atoms with Gasteiger partial charge in [0.2, 0.25) is 0 Å². The zero-order chi connectivity index (χ0) is 22.1. The Kier molecular flexibility index (Phi) is 11.3. The Labute approximate surface area is 204 Å². The Morgan fingerprint density at radius 2 is 1.94 bits per heavy atom. The topological polar surface area (TPSA) is 55.3 Å². The molecule has 0 spiro atoms. The molecule has 10 heteroatoms. The summed E-state index contributed by atoms with van der Waals surface area (Å²) >= 11 is 0. The van der Waals surface area contributed by atoms with Gasteiger partial charge in [-0.2, -0.15) is 13.2 Å². The summed E-state index contributed by atoms with van der Waals surface area (Å²) < 4.78 is 56.2. The van der Waals surface area contributed by atoms with Crippen LogP contribution in [-0.2, 0) is 15.7 Å². The average Bonchev–Trinajstić information content (AvgIpc) is 2.78. The fourth-order valence-corrected chi connectivity index (χ4v) is 3.90. The summed E-state index contributed by atoms with van der Waals surface area (Å²) in [6.45, 7) is 3.58. The number of rotatable bonds is 7. The van der Waals surface area contributed by atoms with Gasteiger partial charge in [-0.3, -0.25) is 4.99 Å². The maximum absolute atomic E-state index is 13.0. The number of guanidine groups is 1. The molecule has 0 radical (unpaired) electrons. The van der Waals surface area contributed by atoms with E-state index in [9.17, 15) is 13.2 Å². The van der Waals surface area contributed by atoms with Gasteiger partial charge in [-0.15, -0.1) is 24.0 Å². The first-order chi connectivity index (χ1) is 15.0. The summed E-state index contributed by atoms with van der Waals surface area (Å²) in [6.07, 6.45) is 1.25. The van der Waals surface area contributed by atoms with E-state index in [2.05, 4.69) is 15.2 Å². The molecule has 2 aliphatic heterocycles. The minimum absolute atomic E-state index is 0. The molecule has 2 heterocycles. The number of piperidine rings is 1. The minimum atomic E-state index is -4.43. The van der Waals surface area contributed by atoms with Gasteiger partial charge in [-0.05, 0) is 44.2 Å². The van der Waals surface area contributed by atoms with Gasteiger partial charge in [-0.25, -0.2) is 0 Å². The molecular weight excluding hydrogens is 538 g/mol. The number of halogens is 4. The van der Waals surface area contributed by atoms with Crippen LogP contribution in [0.1, 0.15) is 37.7 Å². The van der Waals surface area contributed by atoms with Gasteiger partial charge in [0.1, 0.15) is 12.4 Å². The highest BCUT2D eigenvalue weighted by atomic mass is 127. The van der Waals surface area contributed by atoms with Gasteiger partial charge in [0.25, 0.3) is 0 Å². The lowest BCUT2D eigenvalue weighted by molar-refractivity contribution is -0.138. The Morgan fingerprint density at radius 3 is 2.59 bits per heavy atom. The second-order valence-electron chi connectivity index (χ2n) is 7.82. The van der Waals surface area contributed by atoms with Gasteiger partial charge in [0, 0.05) is 26.7 Å². The highest BCUT2D eigenvalue weighted by molar-refractivity contribution is 14.0. The molecule has 32 heavy (non-hydrogen) atoms. The molecule has 1 unspecified atom stereocenters. The Bertz CT molecular complexity index is 707. The van der Waals surface area contributed by atoms with Crippen LogP contribution in [0.5, 0.6) is 5.75 Å². The Balaban J connectivity index is 0.00000363. The number of alkyl halides is 3. The van der Waals surface area contributed by atoms with Crippen LogP contribution < -0.4 is 10.1 Å². The summed E-state index contributed by atoms with van der Waals surface area (Å²) in [6, 6.07) is 5.24. The van der Waals surface area contributed by atoms with Crippen LogP contribution in [-0.4, -0.2) is 69.6 Å². The number of benzene rings is 1. The summed E-state index contributed by atoms with van der Waals surface area (Å²) in [5, 5.41) is 3.17. The van der Waals surface area contributed by atoms with E-state index < -0.39 is 11.7 Å². The molecule has 6 nitrogen and oxygen atoms in total. The standard InChI is InChI=1S/C22H32F3N3O3.HI/c1-26-21(27-11-15-30-20-8-3-2-7-19(20)22(23,24)25)28-12-9-17(10-13-28)31-16-18-6-4-5-14-29-18;/h2-3,7-8,17-18H,4-6,9-16H2,1H3,(H,26,27);1H. The molecule has 2 fully saturated rings. The highest BCUT2D eigenvalue weighted by Gasteiger charge is 2.34. The van der Waals surface area contributed by atoms with Gasteiger partial charge >= 0.3 is 6.18 Å². The van der Waals surface area contributed by atoms with E-state index >= 15 is 0 Å². The lowest BCUT2D eigenvalue weighted by Crippen LogP contribution is -2.48. The van der Waals surface area contributed by atoms with E-state index in [0.717, 1.165) is 57.4 Å². The lowest BCUT2D eigenvalue weighted by atomic mass is 10.1. The van der Waals surface area contributed by atoms with Crippen LogP contribution in [0.15, 0.2) is 29.3 Å². The Morgan fingerprint density at radius 1 is 1.19 bits per heavy atom. The molecule has 1 N–H and O–H groups in total. The summed E-state index contributed by atoms with van der Waals surface area (Å²) in [5.41, 5.74) is -0.764. The van der Waals surface area contributed by atoms with Crippen molar-refractivity contribution in [1.82, 2.24) is 10.2 Å². The molecule has 1 aromatic rings. The second-order valence-corrected chi connectivity index (χ2v) is 7.82. The maximum Gasteiger partial charge on any atom is 0.419 e.